The predicted molar refractivity (Wildman–Crippen MR) is 47.7 cm³/mol. The molecule has 0 bridgehead atoms. The molecule has 2 rings (SSSR count). The van der Waals surface area contributed by atoms with Crippen LogP contribution in [0.2, 0.25) is 0 Å². The van der Waals surface area contributed by atoms with E-state index in [9.17, 15) is 4.79 Å². The van der Waals surface area contributed by atoms with Gasteiger partial charge in [-0.2, -0.15) is 0 Å². The Hall–Kier alpha value is -0.530. The highest BCUT2D eigenvalue weighted by atomic mass is 16.2. The molecule has 1 saturated heterocycles. The lowest BCUT2D eigenvalue weighted by atomic mass is 10.00. The minimum atomic E-state index is 0.412. The molecule has 0 radical (unpaired) electrons. The van der Waals surface area contributed by atoms with E-state index in [1.165, 1.54) is 12.8 Å². The Morgan fingerprint density at radius 3 is 2.67 bits per heavy atom. The molecule has 1 aliphatic carbocycles. The fraction of sp³-hybridized carbons (Fsp3) is 0.900. The fourth-order valence-corrected chi connectivity index (χ4v) is 1.98. The van der Waals surface area contributed by atoms with E-state index in [2.05, 4.69) is 11.8 Å². The van der Waals surface area contributed by atoms with Crippen LogP contribution in [0, 0.1) is 11.8 Å². The van der Waals surface area contributed by atoms with Gasteiger partial charge < -0.3 is 4.90 Å². The van der Waals surface area contributed by atoms with Gasteiger partial charge in [0.05, 0.1) is 0 Å². The van der Waals surface area contributed by atoms with E-state index < -0.39 is 0 Å². The number of carbonyl (C=O) groups is 1. The molecule has 0 N–H and O–H groups in total. The molecule has 1 atom stereocenters. The molecular formula is C10H17NO. The Morgan fingerprint density at radius 1 is 1.33 bits per heavy atom. The smallest absolute Gasteiger partial charge is 0.225 e. The first kappa shape index (κ1) is 8.09. The maximum absolute atomic E-state index is 11.6. The van der Waals surface area contributed by atoms with Crippen molar-refractivity contribution in [2.75, 3.05) is 13.1 Å². The standard InChI is InChI=1S/C10H17NO/c1-8-3-2-6-11(7-8)10(12)9-4-5-9/h8-9H,2-7H2,1H3. The van der Waals surface area contributed by atoms with Crippen molar-refractivity contribution in [3.05, 3.63) is 0 Å². The maximum atomic E-state index is 11.6. The molecular weight excluding hydrogens is 150 g/mol. The number of hydrogen-bond acceptors (Lipinski definition) is 1. The summed E-state index contributed by atoms with van der Waals surface area (Å²) in [4.78, 5) is 13.7. The molecule has 1 aliphatic heterocycles. The lowest BCUT2D eigenvalue weighted by Gasteiger charge is -2.31. The summed E-state index contributed by atoms with van der Waals surface area (Å²) < 4.78 is 0. The van der Waals surface area contributed by atoms with Crippen molar-refractivity contribution in [3.8, 4) is 0 Å². The number of hydrogen-bond donors (Lipinski definition) is 0. The van der Waals surface area contributed by atoms with Crippen LogP contribution in [0.1, 0.15) is 32.6 Å². The lowest BCUT2D eigenvalue weighted by molar-refractivity contribution is -0.134. The Bertz CT molecular complexity index is 186. The average molecular weight is 167 g/mol. The fourth-order valence-electron chi connectivity index (χ4n) is 1.98. The summed E-state index contributed by atoms with van der Waals surface area (Å²) in [6.45, 7) is 4.27. The van der Waals surface area contributed by atoms with Crippen LogP contribution in [-0.4, -0.2) is 23.9 Å². The molecule has 1 unspecified atom stereocenters. The Balaban J connectivity index is 1.89. The molecule has 1 saturated carbocycles. The van der Waals surface area contributed by atoms with E-state index in [0.29, 0.717) is 11.8 Å². The SMILES string of the molecule is CC1CCCN(C(=O)C2CC2)C1. The van der Waals surface area contributed by atoms with Gasteiger partial charge in [-0.3, -0.25) is 4.79 Å². The zero-order valence-corrected chi connectivity index (χ0v) is 7.75. The summed E-state index contributed by atoms with van der Waals surface area (Å²) in [5.74, 6) is 1.57. The highest BCUT2D eigenvalue weighted by molar-refractivity contribution is 5.81. The number of nitrogens with zero attached hydrogens (tertiary/aromatic N) is 1. The normalized spacial score (nSPS) is 30.4. The number of likely N-dealkylation sites (tertiary alicyclic amines) is 1. The van der Waals surface area contributed by atoms with Crippen molar-refractivity contribution >= 4 is 5.91 Å². The number of carbonyl (C=O) groups excluding carboxylic acids is 1. The third kappa shape index (κ3) is 1.62. The van der Waals surface area contributed by atoms with E-state index in [4.69, 9.17) is 0 Å². The topological polar surface area (TPSA) is 20.3 Å². The largest absolute Gasteiger partial charge is 0.342 e. The second-order valence-electron chi connectivity index (χ2n) is 4.31. The van der Waals surface area contributed by atoms with Crippen molar-refractivity contribution in [3.63, 3.8) is 0 Å². The van der Waals surface area contributed by atoms with Gasteiger partial charge in [0.2, 0.25) is 5.91 Å². The first-order chi connectivity index (χ1) is 5.77. The molecule has 0 aromatic carbocycles. The molecule has 2 aliphatic rings. The molecule has 1 heterocycles. The van der Waals surface area contributed by atoms with Crippen molar-refractivity contribution < 1.29 is 4.79 Å². The lowest BCUT2D eigenvalue weighted by Crippen LogP contribution is -2.39. The van der Waals surface area contributed by atoms with Gasteiger partial charge in [-0.25, -0.2) is 0 Å². The summed E-state index contributed by atoms with van der Waals surface area (Å²) in [6.07, 6.45) is 4.79. The van der Waals surface area contributed by atoms with E-state index in [1.54, 1.807) is 0 Å². The van der Waals surface area contributed by atoms with Crippen LogP contribution in [0.15, 0.2) is 0 Å². The van der Waals surface area contributed by atoms with Gasteiger partial charge in [0.15, 0.2) is 0 Å². The van der Waals surface area contributed by atoms with Gasteiger partial charge >= 0.3 is 0 Å². The van der Waals surface area contributed by atoms with Crippen molar-refractivity contribution in [2.24, 2.45) is 11.8 Å². The Morgan fingerprint density at radius 2 is 2.08 bits per heavy atom. The molecule has 2 heteroatoms. The zero-order chi connectivity index (χ0) is 8.55. The third-order valence-corrected chi connectivity index (χ3v) is 2.90. The molecule has 0 aromatic rings. The highest BCUT2D eigenvalue weighted by Crippen LogP contribution is 2.32. The second-order valence-corrected chi connectivity index (χ2v) is 4.31. The third-order valence-electron chi connectivity index (χ3n) is 2.90. The van der Waals surface area contributed by atoms with Crippen molar-refractivity contribution in [1.29, 1.82) is 0 Å². The summed E-state index contributed by atoms with van der Waals surface area (Å²) in [5.41, 5.74) is 0. The van der Waals surface area contributed by atoms with E-state index in [1.807, 2.05) is 0 Å². The predicted octanol–water partition coefficient (Wildman–Crippen LogP) is 1.65. The molecule has 1 amide bonds. The maximum Gasteiger partial charge on any atom is 0.225 e. The van der Waals surface area contributed by atoms with Crippen LogP contribution in [0.4, 0.5) is 0 Å². The summed E-state index contributed by atoms with van der Waals surface area (Å²) in [6, 6.07) is 0. The van der Waals surface area contributed by atoms with Crippen LogP contribution >= 0.6 is 0 Å². The average Bonchev–Trinajstić information content (AvgIpc) is 2.85. The number of rotatable bonds is 1. The van der Waals surface area contributed by atoms with Gasteiger partial charge in [-0.15, -0.1) is 0 Å². The van der Waals surface area contributed by atoms with Gasteiger partial charge in [0, 0.05) is 19.0 Å². The van der Waals surface area contributed by atoms with Crippen LogP contribution in [0.25, 0.3) is 0 Å². The summed E-state index contributed by atoms with van der Waals surface area (Å²) in [7, 11) is 0. The summed E-state index contributed by atoms with van der Waals surface area (Å²) >= 11 is 0. The van der Waals surface area contributed by atoms with Crippen molar-refractivity contribution in [1.82, 2.24) is 4.90 Å². The minimum absolute atomic E-state index is 0.412. The summed E-state index contributed by atoms with van der Waals surface area (Å²) in [5, 5.41) is 0. The first-order valence-corrected chi connectivity index (χ1v) is 5.06. The van der Waals surface area contributed by atoms with Gasteiger partial charge in [-0.1, -0.05) is 6.92 Å². The molecule has 0 aromatic heterocycles. The highest BCUT2D eigenvalue weighted by Gasteiger charge is 2.34. The molecule has 68 valence electrons. The monoisotopic (exact) mass is 167 g/mol. The molecule has 2 fully saturated rings. The Kier molecular flexibility index (Phi) is 2.07. The minimum Gasteiger partial charge on any atom is -0.342 e. The van der Waals surface area contributed by atoms with E-state index in [0.717, 1.165) is 31.8 Å². The zero-order valence-electron chi connectivity index (χ0n) is 7.75. The quantitative estimate of drug-likeness (QED) is 0.581. The molecule has 12 heavy (non-hydrogen) atoms. The van der Waals surface area contributed by atoms with Crippen LogP contribution in [0.5, 0.6) is 0 Å². The second kappa shape index (κ2) is 3.08. The van der Waals surface area contributed by atoms with Crippen LogP contribution in [-0.2, 0) is 4.79 Å². The van der Waals surface area contributed by atoms with Crippen LogP contribution in [0.3, 0.4) is 0 Å². The van der Waals surface area contributed by atoms with Crippen molar-refractivity contribution in [2.45, 2.75) is 32.6 Å². The first-order valence-electron chi connectivity index (χ1n) is 5.06. The van der Waals surface area contributed by atoms with Gasteiger partial charge in [-0.05, 0) is 31.6 Å². The molecule has 2 nitrogen and oxygen atoms in total. The van der Waals surface area contributed by atoms with E-state index in [-0.39, 0.29) is 0 Å². The number of piperidine rings is 1. The number of amides is 1. The molecule has 0 spiro atoms. The Labute approximate surface area is 73.9 Å². The van der Waals surface area contributed by atoms with Gasteiger partial charge in [0.25, 0.3) is 0 Å². The van der Waals surface area contributed by atoms with Crippen LogP contribution < -0.4 is 0 Å². The van der Waals surface area contributed by atoms with Gasteiger partial charge in [0.1, 0.15) is 0 Å². The van der Waals surface area contributed by atoms with E-state index >= 15 is 0 Å².